The molecule has 1 atom stereocenters. The maximum Gasteiger partial charge on any atom is 0.0666 e. The van der Waals surface area contributed by atoms with Crippen LogP contribution < -0.4 is 5.32 Å². The fourth-order valence-corrected chi connectivity index (χ4v) is 1.52. The van der Waals surface area contributed by atoms with Gasteiger partial charge in [-0.3, -0.25) is 4.68 Å². The number of nitrogens with one attached hydrogen (secondary N) is 1. The van der Waals surface area contributed by atoms with Gasteiger partial charge in [-0.15, -0.1) is 0 Å². The van der Waals surface area contributed by atoms with Crippen LogP contribution in [0, 0.1) is 5.92 Å². The van der Waals surface area contributed by atoms with E-state index >= 15 is 0 Å². The normalized spacial score (nSPS) is 14.5. The standard InChI is InChI=1S/C12H23N3/c1-10(2)11(9-13-12(3,4)5)15-8-6-7-14-15/h6-8,10-11,13H,9H2,1-5H3. The lowest BCUT2D eigenvalue weighted by Crippen LogP contribution is -2.41. The molecule has 1 unspecified atom stereocenters. The Morgan fingerprint density at radius 3 is 2.40 bits per heavy atom. The summed E-state index contributed by atoms with van der Waals surface area (Å²) >= 11 is 0. The average molecular weight is 209 g/mol. The molecule has 1 heterocycles. The first kappa shape index (κ1) is 12.2. The van der Waals surface area contributed by atoms with Crippen molar-refractivity contribution in [1.82, 2.24) is 15.1 Å². The lowest BCUT2D eigenvalue weighted by atomic mass is 10.0. The van der Waals surface area contributed by atoms with Crippen LogP contribution in [0.2, 0.25) is 0 Å². The van der Waals surface area contributed by atoms with Gasteiger partial charge in [0, 0.05) is 24.5 Å². The van der Waals surface area contributed by atoms with Gasteiger partial charge >= 0.3 is 0 Å². The van der Waals surface area contributed by atoms with Crippen LogP contribution in [0.15, 0.2) is 18.5 Å². The highest BCUT2D eigenvalue weighted by atomic mass is 15.3. The molecule has 0 saturated heterocycles. The molecule has 0 aliphatic heterocycles. The number of aromatic nitrogens is 2. The number of rotatable bonds is 4. The van der Waals surface area contributed by atoms with Gasteiger partial charge in [0.2, 0.25) is 0 Å². The van der Waals surface area contributed by atoms with Crippen molar-refractivity contribution in [2.24, 2.45) is 5.92 Å². The van der Waals surface area contributed by atoms with Crippen molar-refractivity contribution in [2.75, 3.05) is 6.54 Å². The Morgan fingerprint density at radius 1 is 1.33 bits per heavy atom. The fourth-order valence-electron chi connectivity index (χ4n) is 1.52. The summed E-state index contributed by atoms with van der Waals surface area (Å²) in [6.07, 6.45) is 3.88. The summed E-state index contributed by atoms with van der Waals surface area (Å²) in [7, 11) is 0. The lowest BCUT2D eigenvalue weighted by Gasteiger charge is -2.27. The second kappa shape index (κ2) is 4.79. The van der Waals surface area contributed by atoms with Crippen LogP contribution in [0.3, 0.4) is 0 Å². The third kappa shape index (κ3) is 4.04. The molecule has 1 aromatic rings. The van der Waals surface area contributed by atoms with Gasteiger partial charge < -0.3 is 5.32 Å². The van der Waals surface area contributed by atoms with E-state index in [1.54, 1.807) is 0 Å². The Hall–Kier alpha value is -0.830. The van der Waals surface area contributed by atoms with Gasteiger partial charge in [-0.05, 0) is 32.8 Å². The molecule has 0 bridgehead atoms. The van der Waals surface area contributed by atoms with Crippen LogP contribution in [-0.4, -0.2) is 21.9 Å². The summed E-state index contributed by atoms with van der Waals surface area (Å²) in [4.78, 5) is 0. The Labute approximate surface area is 92.9 Å². The van der Waals surface area contributed by atoms with Gasteiger partial charge in [-0.2, -0.15) is 5.10 Å². The first-order valence-electron chi connectivity index (χ1n) is 5.64. The van der Waals surface area contributed by atoms with Crippen molar-refractivity contribution in [2.45, 2.75) is 46.2 Å². The van der Waals surface area contributed by atoms with Crippen LogP contribution in [-0.2, 0) is 0 Å². The molecular formula is C12H23N3. The third-order valence-electron chi connectivity index (χ3n) is 2.48. The lowest BCUT2D eigenvalue weighted by molar-refractivity contribution is 0.294. The maximum atomic E-state index is 4.32. The molecule has 0 aliphatic carbocycles. The van der Waals surface area contributed by atoms with Crippen molar-refractivity contribution in [3.8, 4) is 0 Å². The molecule has 0 fully saturated rings. The van der Waals surface area contributed by atoms with Gasteiger partial charge in [-0.25, -0.2) is 0 Å². The molecule has 86 valence electrons. The van der Waals surface area contributed by atoms with E-state index in [1.165, 1.54) is 0 Å². The highest BCUT2D eigenvalue weighted by Crippen LogP contribution is 2.16. The predicted molar refractivity (Wildman–Crippen MR) is 63.9 cm³/mol. The van der Waals surface area contributed by atoms with Gasteiger partial charge in [0.05, 0.1) is 6.04 Å². The van der Waals surface area contributed by atoms with Crippen LogP contribution >= 0.6 is 0 Å². The minimum atomic E-state index is 0.167. The van der Waals surface area contributed by atoms with Crippen LogP contribution in [0.1, 0.15) is 40.7 Å². The summed E-state index contributed by atoms with van der Waals surface area (Å²) in [5, 5.41) is 7.85. The highest BCUT2D eigenvalue weighted by molar-refractivity contribution is 4.85. The second-order valence-electron chi connectivity index (χ2n) is 5.43. The molecule has 0 radical (unpaired) electrons. The number of hydrogen-bond donors (Lipinski definition) is 1. The summed E-state index contributed by atoms with van der Waals surface area (Å²) in [6, 6.07) is 2.41. The van der Waals surface area contributed by atoms with E-state index in [1.807, 2.05) is 23.1 Å². The SMILES string of the molecule is CC(C)C(CNC(C)(C)C)n1cccn1. The summed E-state index contributed by atoms with van der Waals surface area (Å²) in [5.74, 6) is 0.583. The average Bonchev–Trinajstić information content (AvgIpc) is 2.54. The van der Waals surface area contributed by atoms with E-state index < -0.39 is 0 Å². The quantitative estimate of drug-likeness (QED) is 0.825. The zero-order valence-corrected chi connectivity index (χ0v) is 10.5. The molecule has 0 aliphatic rings. The topological polar surface area (TPSA) is 29.9 Å². The molecule has 15 heavy (non-hydrogen) atoms. The van der Waals surface area contributed by atoms with E-state index in [0.717, 1.165) is 6.54 Å². The van der Waals surface area contributed by atoms with Gasteiger partial charge in [0.15, 0.2) is 0 Å². The van der Waals surface area contributed by atoms with E-state index in [4.69, 9.17) is 0 Å². The molecule has 3 nitrogen and oxygen atoms in total. The molecule has 0 saturated carbocycles. The van der Waals surface area contributed by atoms with Gasteiger partial charge in [0.1, 0.15) is 0 Å². The number of nitrogens with zero attached hydrogens (tertiary/aromatic N) is 2. The van der Waals surface area contributed by atoms with E-state index in [9.17, 15) is 0 Å². The fraction of sp³-hybridized carbons (Fsp3) is 0.750. The summed E-state index contributed by atoms with van der Waals surface area (Å²) in [5.41, 5.74) is 0.167. The van der Waals surface area contributed by atoms with Crippen LogP contribution in [0.5, 0.6) is 0 Å². The minimum absolute atomic E-state index is 0.167. The van der Waals surface area contributed by atoms with Crippen molar-refractivity contribution in [1.29, 1.82) is 0 Å². The third-order valence-corrected chi connectivity index (χ3v) is 2.48. The van der Waals surface area contributed by atoms with Crippen LogP contribution in [0.4, 0.5) is 0 Å². The van der Waals surface area contributed by atoms with Gasteiger partial charge in [-0.1, -0.05) is 13.8 Å². The Balaban J connectivity index is 2.61. The Morgan fingerprint density at radius 2 is 2.00 bits per heavy atom. The first-order chi connectivity index (χ1) is 6.90. The summed E-state index contributed by atoms with van der Waals surface area (Å²) < 4.78 is 2.05. The van der Waals surface area contributed by atoms with Crippen molar-refractivity contribution < 1.29 is 0 Å². The van der Waals surface area contributed by atoms with Crippen LogP contribution in [0.25, 0.3) is 0 Å². The molecule has 0 spiro atoms. The monoisotopic (exact) mass is 209 g/mol. The van der Waals surface area contributed by atoms with Crippen molar-refractivity contribution in [3.63, 3.8) is 0 Å². The molecule has 1 N–H and O–H groups in total. The first-order valence-corrected chi connectivity index (χ1v) is 5.64. The second-order valence-corrected chi connectivity index (χ2v) is 5.43. The van der Waals surface area contributed by atoms with Crippen molar-refractivity contribution in [3.05, 3.63) is 18.5 Å². The van der Waals surface area contributed by atoms with Gasteiger partial charge in [0.25, 0.3) is 0 Å². The minimum Gasteiger partial charge on any atom is -0.310 e. The van der Waals surface area contributed by atoms with E-state index in [2.05, 4.69) is 45.0 Å². The molecule has 1 aromatic heterocycles. The number of hydrogen-bond acceptors (Lipinski definition) is 2. The molecule has 0 amide bonds. The maximum absolute atomic E-state index is 4.32. The molecule has 3 heteroatoms. The highest BCUT2D eigenvalue weighted by Gasteiger charge is 2.18. The smallest absolute Gasteiger partial charge is 0.0666 e. The Kier molecular flexibility index (Phi) is 3.91. The zero-order chi connectivity index (χ0) is 11.5. The molecule has 0 aromatic carbocycles. The zero-order valence-electron chi connectivity index (χ0n) is 10.5. The largest absolute Gasteiger partial charge is 0.310 e. The van der Waals surface area contributed by atoms with E-state index in [-0.39, 0.29) is 5.54 Å². The molecule has 1 rings (SSSR count). The van der Waals surface area contributed by atoms with E-state index in [0.29, 0.717) is 12.0 Å². The predicted octanol–water partition coefficient (Wildman–Crippen LogP) is 2.47. The Bertz CT molecular complexity index is 270. The van der Waals surface area contributed by atoms with Crippen molar-refractivity contribution >= 4 is 0 Å². The molecular weight excluding hydrogens is 186 g/mol. The summed E-state index contributed by atoms with van der Waals surface area (Å²) in [6.45, 7) is 12.0.